The predicted molar refractivity (Wildman–Crippen MR) is 91.2 cm³/mol. The van der Waals surface area contributed by atoms with Crippen molar-refractivity contribution in [1.29, 1.82) is 0 Å². The molecule has 0 radical (unpaired) electrons. The molecule has 2 aromatic rings. The number of ether oxygens (including phenoxy) is 1. The molecule has 1 fully saturated rings. The second-order valence-electron chi connectivity index (χ2n) is 5.31. The van der Waals surface area contributed by atoms with Gasteiger partial charge in [0.15, 0.2) is 0 Å². The number of halogens is 1. The van der Waals surface area contributed by atoms with Crippen molar-refractivity contribution in [3.05, 3.63) is 34.3 Å². The van der Waals surface area contributed by atoms with Crippen molar-refractivity contribution >= 4 is 45.6 Å². The lowest BCUT2D eigenvalue weighted by molar-refractivity contribution is -0.122. The van der Waals surface area contributed by atoms with Crippen molar-refractivity contribution in [2.24, 2.45) is 5.92 Å². The van der Waals surface area contributed by atoms with Crippen LogP contribution < -0.4 is 10.2 Å². The van der Waals surface area contributed by atoms with E-state index < -0.39 is 5.92 Å². The summed E-state index contributed by atoms with van der Waals surface area (Å²) >= 11 is 7.21. The molecule has 1 saturated heterocycles. The van der Waals surface area contributed by atoms with Crippen LogP contribution in [-0.2, 0) is 20.9 Å². The molecule has 24 heavy (non-hydrogen) atoms. The Kier molecular flexibility index (Phi) is 5.08. The summed E-state index contributed by atoms with van der Waals surface area (Å²) in [4.78, 5) is 26.1. The maximum absolute atomic E-state index is 12.4. The van der Waals surface area contributed by atoms with Gasteiger partial charge < -0.3 is 15.0 Å². The molecule has 7 nitrogen and oxygen atoms in total. The summed E-state index contributed by atoms with van der Waals surface area (Å²) in [6, 6.07) is 7.02. The van der Waals surface area contributed by atoms with Gasteiger partial charge in [-0.05, 0) is 18.2 Å². The van der Waals surface area contributed by atoms with Crippen molar-refractivity contribution in [2.45, 2.75) is 13.0 Å². The van der Waals surface area contributed by atoms with E-state index in [1.54, 1.807) is 36.3 Å². The number of hydrogen-bond donors (Lipinski definition) is 1. The van der Waals surface area contributed by atoms with E-state index in [1.807, 2.05) is 0 Å². The number of hydrogen-bond acceptors (Lipinski definition) is 6. The van der Waals surface area contributed by atoms with E-state index in [1.165, 1.54) is 11.3 Å². The third kappa shape index (κ3) is 3.72. The summed E-state index contributed by atoms with van der Waals surface area (Å²) in [6.45, 7) is 0.659. The lowest BCUT2D eigenvalue weighted by atomic mass is 10.1. The molecule has 1 aromatic carbocycles. The van der Waals surface area contributed by atoms with Gasteiger partial charge in [0.25, 0.3) is 0 Å². The van der Waals surface area contributed by atoms with Crippen LogP contribution in [-0.4, -0.2) is 35.7 Å². The summed E-state index contributed by atoms with van der Waals surface area (Å²) in [5.41, 5.74) is 0.695. The zero-order valence-electron chi connectivity index (χ0n) is 12.9. The van der Waals surface area contributed by atoms with E-state index in [2.05, 4.69) is 15.5 Å². The zero-order valence-corrected chi connectivity index (χ0v) is 14.4. The minimum Gasteiger partial charge on any atom is -0.377 e. The number of aromatic nitrogens is 2. The van der Waals surface area contributed by atoms with Crippen molar-refractivity contribution in [3.63, 3.8) is 0 Å². The second-order valence-corrected chi connectivity index (χ2v) is 6.81. The highest BCUT2D eigenvalue weighted by atomic mass is 35.5. The lowest BCUT2D eigenvalue weighted by Gasteiger charge is -2.16. The first-order chi connectivity index (χ1) is 11.6. The molecule has 1 aliphatic rings. The molecule has 3 rings (SSSR count). The van der Waals surface area contributed by atoms with Crippen LogP contribution in [0.5, 0.6) is 0 Å². The standard InChI is InChI=1S/C15H15ClN4O3S/c1-23-8-12-18-19-15(24-12)17-14(22)9-5-13(21)20(7-9)11-4-2-3-10(16)6-11/h2-4,6,9H,5,7-8H2,1H3,(H,17,19,22)/t9-/m1/s1. The first kappa shape index (κ1) is 16.8. The molecular weight excluding hydrogens is 352 g/mol. The Balaban J connectivity index is 1.65. The first-order valence-corrected chi connectivity index (χ1v) is 8.44. The molecule has 0 aliphatic carbocycles. The molecule has 0 spiro atoms. The molecule has 1 aromatic heterocycles. The first-order valence-electron chi connectivity index (χ1n) is 7.25. The quantitative estimate of drug-likeness (QED) is 0.877. The Morgan fingerprint density at radius 2 is 2.33 bits per heavy atom. The number of nitrogens with one attached hydrogen (secondary N) is 1. The number of anilines is 2. The number of nitrogens with zero attached hydrogens (tertiary/aromatic N) is 3. The van der Waals surface area contributed by atoms with Gasteiger partial charge in [0.05, 0.1) is 5.92 Å². The Morgan fingerprint density at radius 1 is 1.50 bits per heavy atom. The van der Waals surface area contributed by atoms with Gasteiger partial charge in [0, 0.05) is 30.8 Å². The van der Waals surface area contributed by atoms with Crippen LogP contribution in [0.2, 0.25) is 5.02 Å². The highest BCUT2D eigenvalue weighted by Crippen LogP contribution is 2.28. The largest absolute Gasteiger partial charge is 0.377 e. The number of methoxy groups -OCH3 is 1. The minimum atomic E-state index is -0.439. The SMILES string of the molecule is COCc1nnc(NC(=O)[C@@H]2CC(=O)N(c3cccc(Cl)c3)C2)s1. The molecule has 1 N–H and O–H groups in total. The van der Waals surface area contributed by atoms with Crippen molar-refractivity contribution in [3.8, 4) is 0 Å². The van der Waals surface area contributed by atoms with Crippen molar-refractivity contribution < 1.29 is 14.3 Å². The lowest BCUT2D eigenvalue weighted by Crippen LogP contribution is -2.28. The van der Waals surface area contributed by atoms with Crippen LogP contribution in [0, 0.1) is 5.92 Å². The Bertz CT molecular complexity index is 767. The highest BCUT2D eigenvalue weighted by Gasteiger charge is 2.35. The normalized spacial score (nSPS) is 17.3. The summed E-state index contributed by atoms with van der Waals surface area (Å²) in [5, 5.41) is 12.1. The number of amides is 2. The molecule has 9 heteroatoms. The van der Waals surface area contributed by atoms with Gasteiger partial charge in [0.1, 0.15) is 11.6 Å². The third-order valence-corrected chi connectivity index (χ3v) is 4.63. The average molecular weight is 367 g/mol. The van der Waals surface area contributed by atoms with Gasteiger partial charge >= 0.3 is 0 Å². The monoisotopic (exact) mass is 366 g/mol. The van der Waals surface area contributed by atoms with E-state index in [0.717, 1.165) is 0 Å². The van der Waals surface area contributed by atoms with E-state index in [4.69, 9.17) is 16.3 Å². The van der Waals surface area contributed by atoms with Gasteiger partial charge in [-0.3, -0.25) is 9.59 Å². The van der Waals surface area contributed by atoms with E-state index in [0.29, 0.717) is 34.0 Å². The summed E-state index contributed by atoms with van der Waals surface area (Å²) in [5.74, 6) is -0.783. The molecule has 126 valence electrons. The van der Waals surface area contributed by atoms with Gasteiger partial charge in [-0.15, -0.1) is 10.2 Å². The molecule has 0 saturated carbocycles. The maximum Gasteiger partial charge on any atom is 0.231 e. The molecular formula is C15H15ClN4O3S. The molecule has 0 unspecified atom stereocenters. The van der Waals surface area contributed by atoms with E-state index in [-0.39, 0.29) is 18.2 Å². The fraction of sp³-hybridized carbons (Fsp3) is 0.333. The van der Waals surface area contributed by atoms with Crippen LogP contribution in [0.25, 0.3) is 0 Å². The smallest absolute Gasteiger partial charge is 0.231 e. The summed E-state index contributed by atoms with van der Waals surface area (Å²) < 4.78 is 4.97. The maximum atomic E-state index is 12.4. The van der Waals surface area contributed by atoms with E-state index >= 15 is 0 Å². The van der Waals surface area contributed by atoms with Crippen LogP contribution in [0.1, 0.15) is 11.4 Å². The predicted octanol–water partition coefficient (Wildman–Crippen LogP) is 2.33. The number of rotatable bonds is 5. The fourth-order valence-corrected chi connectivity index (χ4v) is 3.37. The number of benzene rings is 1. The zero-order chi connectivity index (χ0) is 17.1. The van der Waals surface area contributed by atoms with Gasteiger partial charge in [-0.1, -0.05) is 29.0 Å². The number of carbonyl (C=O) groups is 2. The number of carbonyl (C=O) groups excluding carboxylic acids is 2. The van der Waals surface area contributed by atoms with Crippen LogP contribution in [0.4, 0.5) is 10.8 Å². The topological polar surface area (TPSA) is 84.4 Å². The van der Waals surface area contributed by atoms with Crippen molar-refractivity contribution in [2.75, 3.05) is 23.9 Å². The minimum absolute atomic E-state index is 0.102. The highest BCUT2D eigenvalue weighted by molar-refractivity contribution is 7.15. The van der Waals surface area contributed by atoms with Gasteiger partial charge in [-0.2, -0.15) is 0 Å². The van der Waals surface area contributed by atoms with Gasteiger partial charge in [0.2, 0.25) is 16.9 Å². The summed E-state index contributed by atoms with van der Waals surface area (Å²) in [6.07, 6.45) is 0.155. The Hall–Kier alpha value is -2.03. The molecule has 1 atom stereocenters. The third-order valence-electron chi connectivity index (χ3n) is 3.58. The average Bonchev–Trinajstić information content (AvgIpc) is 3.14. The van der Waals surface area contributed by atoms with Crippen molar-refractivity contribution in [1.82, 2.24) is 10.2 Å². The molecule has 2 heterocycles. The van der Waals surface area contributed by atoms with E-state index in [9.17, 15) is 9.59 Å². The Labute approximate surface area is 147 Å². The van der Waals surface area contributed by atoms with Gasteiger partial charge in [-0.25, -0.2) is 0 Å². The van der Waals surface area contributed by atoms with Crippen LogP contribution in [0.3, 0.4) is 0 Å². The molecule has 1 aliphatic heterocycles. The van der Waals surface area contributed by atoms with Crippen LogP contribution >= 0.6 is 22.9 Å². The fourth-order valence-electron chi connectivity index (χ4n) is 2.47. The molecule has 2 amide bonds. The van der Waals surface area contributed by atoms with Crippen LogP contribution in [0.15, 0.2) is 24.3 Å². The Morgan fingerprint density at radius 3 is 3.08 bits per heavy atom. The summed E-state index contributed by atoms with van der Waals surface area (Å²) in [7, 11) is 1.56. The second kappa shape index (κ2) is 7.25. The molecule has 0 bridgehead atoms.